The molecule has 2 aromatic carbocycles. The topological polar surface area (TPSA) is 68.2 Å². The number of fused-ring (bicyclic) bond motifs is 3. The van der Waals surface area contributed by atoms with Gasteiger partial charge in [0.05, 0.1) is 19.3 Å². The summed E-state index contributed by atoms with van der Waals surface area (Å²) >= 11 is 0. The van der Waals surface area contributed by atoms with E-state index in [-0.39, 0.29) is 28.8 Å². The molecule has 2 atom stereocenters. The summed E-state index contributed by atoms with van der Waals surface area (Å²) in [5.41, 5.74) is 3.66. The van der Waals surface area contributed by atoms with Crippen LogP contribution in [0.1, 0.15) is 56.2 Å². The van der Waals surface area contributed by atoms with Crippen molar-refractivity contribution in [3.8, 4) is 28.7 Å². The van der Waals surface area contributed by atoms with Gasteiger partial charge >= 0.3 is 0 Å². The van der Waals surface area contributed by atoms with Crippen LogP contribution in [0, 0.1) is 0 Å². The lowest BCUT2D eigenvalue weighted by atomic mass is 9.87. The van der Waals surface area contributed by atoms with Crippen LogP contribution in [-0.4, -0.2) is 29.5 Å². The first kappa shape index (κ1) is 21.2. The van der Waals surface area contributed by atoms with Crippen molar-refractivity contribution < 1.29 is 24.4 Å². The van der Waals surface area contributed by atoms with Crippen LogP contribution < -0.4 is 14.2 Å². The third kappa shape index (κ3) is 4.09. The molecule has 0 fully saturated rings. The second-order valence-electron chi connectivity index (χ2n) is 8.80. The minimum Gasteiger partial charge on any atom is -0.504 e. The van der Waals surface area contributed by atoms with E-state index < -0.39 is 0 Å². The Balaban J connectivity index is 1.56. The third-order valence-corrected chi connectivity index (χ3v) is 6.08. The molecule has 164 valence electrons. The Morgan fingerprint density at radius 2 is 2.00 bits per heavy atom. The van der Waals surface area contributed by atoms with Gasteiger partial charge in [-0.15, -0.1) is 0 Å². The maximum Gasteiger partial charge on any atom is 0.200 e. The zero-order chi connectivity index (χ0) is 22.2. The lowest BCUT2D eigenvalue weighted by molar-refractivity contribution is 0.127. The van der Waals surface area contributed by atoms with Crippen molar-refractivity contribution in [2.75, 3.05) is 13.7 Å². The fourth-order valence-corrected chi connectivity index (χ4v) is 4.31. The predicted octanol–water partition coefficient (Wildman–Crippen LogP) is 5.74. The smallest absolute Gasteiger partial charge is 0.200 e. The summed E-state index contributed by atoms with van der Waals surface area (Å²) in [6.07, 6.45) is 9.05. The number of benzene rings is 2. The molecule has 0 unspecified atom stereocenters. The number of phenolic OH excluding ortho intramolecular Hbond substituents is 2. The van der Waals surface area contributed by atoms with E-state index in [2.05, 4.69) is 39.0 Å². The zero-order valence-corrected chi connectivity index (χ0v) is 18.6. The molecule has 2 aromatic rings. The molecule has 0 bridgehead atoms. The van der Waals surface area contributed by atoms with Crippen LogP contribution in [0.2, 0.25) is 0 Å². The van der Waals surface area contributed by atoms with Gasteiger partial charge in [-0.1, -0.05) is 23.8 Å². The highest BCUT2D eigenvalue weighted by molar-refractivity contribution is 5.70. The van der Waals surface area contributed by atoms with Crippen molar-refractivity contribution in [2.45, 2.75) is 51.6 Å². The van der Waals surface area contributed by atoms with Crippen LogP contribution in [0.15, 0.2) is 42.0 Å². The highest BCUT2D eigenvalue weighted by Crippen LogP contribution is 2.47. The van der Waals surface area contributed by atoms with Crippen LogP contribution in [0.5, 0.6) is 28.7 Å². The maximum absolute atomic E-state index is 10.4. The van der Waals surface area contributed by atoms with Gasteiger partial charge in [0.15, 0.2) is 11.5 Å². The van der Waals surface area contributed by atoms with Crippen LogP contribution in [0.3, 0.4) is 0 Å². The SMILES string of the molecule is COc1ccc([C@H]2COc3c(ccc4c3C=C[C@@](C)(CCC=C(C)C)O4)C2)c(O)c1O. The number of hydrogen-bond donors (Lipinski definition) is 2. The molecule has 0 aliphatic carbocycles. The summed E-state index contributed by atoms with van der Waals surface area (Å²) in [5, 5.41) is 20.6. The minimum absolute atomic E-state index is 0.0646. The molecular weight excluding hydrogens is 392 g/mol. The molecule has 0 saturated carbocycles. The fourth-order valence-electron chi connectivity index (χ4n) is 4.31. The fraction of sp³-hybridized carbons (Fsp3) is 0.385. The van der Waals surface area contributed by atoms with Gasteiger partial charge in [0.1, 0.15) is 17.1 Å². The normalized spacial score (nSPS) is 21.4. The van der Waals surface area contributed by atoms with Crippen LogP contribution in [-0.2, 0) is 6.42 Å². The number of phenols is 2. The van der Waals surface area contributed by atoms with E-state index >= 15 is 0 Å². The van der Waals surface area contributed by atoms with Gasteiger partial charge in [-0.2, -0.15) is 0 Å². The zero-order valence-electron chi connectivity index (χ0n) is 18.6. The third-order valence-electron chi connectivity index (χ3n) is 6.08. The average molecular weight is 423 g/mol. The van der Waals surface area contributed by atoms with Gasteiger partial charge < -0.3 is 24.4 Å². The summed E-state index contributed by atoms with van der Waals surface area (Å²) in [4.78, 5) is 0. The molecule has 0 aromatic heterocycles. The molecule has 5 nitrogen and oxygen atoms in total. The monoisotopic (exact) mass is 422 g/mol. The largest absolute Gasteiger partial charge is 0.504 e. The number of rotatable bonds is 5. The minimum atomic E-state index is -0.337. The van der Waals surface area contributed by atoms with Crippen molar-refractivity contribution >= 4 is 6.08 Å². The molecule has 2 aliphatic rings. The van der Waals surface area contributed by atoms with Crippen molar-refractivity contribution in [2.24, 2.45) is 0 Å². The molecule has 4 rings (SSSR count). The second kappa shape index (κ2) is 8.22. The van der Waals surface area contributed by atoms with Gasteiger partial charge in [-0.3, -0.25) is 0 Å². The van der Waals surface area contributed by atoms with Crippen LogP contribution >= 0.6 is 0 Å². The summed E-state index contributed by atoms with van der Waals surface area (Å²) < 4.78 is 17.6. The Morgan fingerprint density at radius 3 is 2.74 bits per heavy atom. The number of hydrogen-bond acceptors (Lipinski definition) is 5. The predicted molar refractivity (Wildman–Crippen MR) is 121 cm³/mol. The average Bonchev–Trinajstić information content (AvgIpc) is 2.74. The van der Waals surface area contributed by atoms with Crippen LogP contribution in [0.4, 0.5) is 0 Å². The number of methoxy groups -OCH3 is 1. The van der Waals surface area contributed by atoms with E-state index in [4.69, 9.17) is 14.2 Å². The standard InChI is InChI=1S/C26H30O5/c1-16(2)6-5-12-26(3)13-11-20-21(31-26)9-7-17-14-18(15-30-25(17)20)19-8-10-22(29-4)24(28)23(19)27/h6-11,13,18,27-28H,5,12,14-15H2,1-4H3/t18-,26-/m1/s1. The highest BCUT2D eigenvalue weighted by Gasteiger charge is 2.32. The Hall–Kier alpha value is -3.08. The molecule has 0 spiro atoms. The van der Waals surface area contributed by atoms with E-state index in [1.54, 1.807) is 12.1 Å². The number of ether oxygens (including phenoxy) is 3. The Bertz CT molecular complexity index is 1050. The first-order valence-electron chi connectivity index (χ1n) is 10.7. The molecule has 0 saturated heterocycles. The van der Waals surface area contributed by atoms with E-state index in [1.807, 2.05) is 12.1 Å². The molecule has 0 radical (unpaired) electrons. The molecule has 0 amide bonds. The van der Waals surface area contributed by atoms with Crippen molar-refractivity contribution in [1.29, 1.82) is 0 Å². The first-order chi connectivity index (χ1) is 14.8. The van der Waals surface area contributed by atoms with Gasteiger partial charge in [0.25, 0.3) is 0 Å². The summed E-state index contributed by atoms with van der Waals surface area (Å²) in [7, 11) is 1.46. The molecule has 5 heteroatoms. The van der Waals surface area contributed by atoms with Crippen molar-refractivity contribution in [1.82, 2.24) is 0 Å². The highest BCUT2D eigenvalue weighted by atomic mass is 16.5. The Labute approximate surface area is 183 Å². The second-order valence-corrected chi connectivity index (χ2v) is 8.80. The Kier molecular flexibility index (Phi) is 5.61. The maximum atomic E-state index is 10.4. The van der Waals surface area contributed by atoms with E-state index in [0.717, 1.165) is 35.5 Å². The van der Waals surface area contributed by atoms with E-state index in [9.17, 15) is 10.2 Å². The quantitative estimate of drug-likeness (QED) is 0.475. The van der Waals surface area contributed by atoms with E-state index in [1.165, 1.54) is 12.7 Å². The summed E-state index contributed by atoms with van der Waals surface area (Å²) in [5.74, 6) is 1.48. The molecule has 2 heterocycles. The Morgan fingerprint density at radius 1 is 1.19 bits per heavy atom. The summed E-state index contributed by atoms with van der Waals surface area (Å²) in [6, 6.07) is 7.50. The number of aromatic hydroxyl groups is 2. The van der Waals surface area contributed by atoms with Gasteiger partial charge in [0.2, 0.25) is 5.75 Å². The first-order valence-corrected chi connectivity index (χ1v) is 10.7. The molecule has 2 N–H and O–H groups in total. The van der Waals surface area contributed by atoms with Gasteiger partial charge in [0, 0.05) is 11.5 Å². The summed E-state index contributed by atoms with van der Waals surface area (Å²) in [6.45, 7) is 6.74. The number of allylic oxidation sites excluding steroid dienone is 2. The van der Waals surface area contributed by atoms with Gasteiger partial charge in [-0.05, 0) is 69.9 Å². The lowest BCUT2D eigenvalue weighted by Gasteiger charge is -2.34. The van der Waals surface area contributed by atoms with Crippen molar-refractivity contribution in [3.63, 3.8) is 0 Å². The molecule has 2 aliphatic heterocycles. The van der Waals surface area contributed by atoms with E-state index in [0.29, 0.717) is 18.6 Å². The molecule has 31 heavy (non-hydrogen) atoms. The lowest BCUT2D eigenvalue weighted by Crippen LogP contribution is -2.32. The van der Waals surface area contributed by atoms with Gasteiger partial charge in [-0.25, -0.2) is 0 Å². The van der Waals surface area contributed by atoms with Crippen molar-refractivity contribution in [3.05, 3.63) is 58.7 Å². The molecular formula is C26H30O5. The van der Waals surface area contributed by atoms with Crippen LogP contribution in [0.25, 0.3) is 6.08 Å².